The van der Waals surface area contributed by atoms with Gasteiger partial charge < -0.3 is 16.4 Å². The van der Waals surface area contributed by atoms with E-state index in [1.807, 2.05) is 6.92 Å². The number of anilines is 2. The number of sulfonamides is 1. The molecule has 2 rings (SSSR count). The highest BCUT2D eigenvalue weighted by Gasteiger charge is 2.28. The van der Waals surface area contributed by atoms with E-state index in [4.69, 9.17) is 5.73 Å². The second-order valence-electron chi connectivity index (χ2n) is 6.28. The third-order valence-electron chi connectivity index (χ3n) is 4.24. The maximum Gasteiger partial charge on any atom is 0.242 e. The second-order valence-corrected chi connectivity index (χ2v) is 8.44. The normalized spacial score (nSPS) is 20.2. The summed E-state index contributed by atoms with van der Waals surface area (Å²) in [4.78, 5) is 12.6. The van der Waals surface area contributed by atoms with Gasteiger partial charge in [-0.25, -0.2) is 12.7 Å². The fourth-order valence-corrected chi connectivity index (χ4v) is 3.76. The minimum absolute atomic E-state index is 0. The molecule has 1 aliphatic rings. The van der Waals surface area contributed by atoms with Crippen LogP contribution in [0.1, 0.15) is 26.2 Å². The van der Waals surface area contributed by atoms with E-state index in [1.54, 1.807) is 6.07 Å². The number of nitrogens with one attached hydrogen (secondary N) is 2. The van der Waals surface area contributed by atoms with Gasteiger partial charge in [0.05, 0.1) is 16.3 Å². The number of amides is 1. The Bertz CT molecular complexity index is 709. The molecule has 4 N–H and O–H groups in total. The zero-order valence-corrected chi connectivity index (χ0v) is 16.4. The summed E-state index contributed by atoms with van der Waals surface area (Å²) in [5.74, 6) is -0.231. The van der Waals surface area contributed by atoms with Crippen LogP contribution < -0.4 is 16.4 Å². The lowest BCUT2D eigenvalue weighted by atomic mass is 10.1. The van der Waals surface area contributed by atoms with Crippen LogP contribution in [0.5, 0.6) is 0 Å². The Kier molecular flexibility index (Phi) is 7.67. The van der Waals surface area contributed by atoms with Crippen molar-refractivity contribution in [3.63, 3.8) is 0 Å². The lowest BCUT2D eigenvalue weighted by Crippen LogP contribution is -2.25. The molecule has 0 spiro atoms. The number of nitrogens with zero attached hydrogens (tertiary/aromatic N) is 1. The van der Waals surface area contributed by atoms with Gasteiger partial charge in [-0.3, -0.25) is 4.79 Å². The quantitative estimate of drug-likeness (QED) is 0.687. The van der Waals surface area contributed by atoms with E-state index in [0.717, 1.165) is 17.1 Å². The summed E-state index contributed by atoms with van der Waals surface area (Å²) in [5.41, 5.74) is 7.05. The lowest BCUT2D eigenvalue weighted by molar-refractivity contribution is -0.119. The third kappa shape index (κ3) is 5.07. The monoisotopic (exact) mass is 390 g/mol. The van der Waals surface area contributed by atoms with Gasteiger partial charge in [0.1, 0.15) is 0 Å². The first-order valence-corrected chi connectivity index (χ1v) is 9.56. The van der Waals surface area contributed by atoms with E-state index < -0.39 is 10.0 Å². The highest BCUT2D eigenvalue weighted by atomic mass is 35.5. The Hall–Kier alpha value is -1.35. The van der Waals surface area contributed by atoms with Gasteiger partial charge in [-0.1, -0.05) is 0 Å². The number of halogens is 1. The Morgan fingerprint density at radius 1 is 1.28 bits per heavy atom. The summed E-state index contributed by atoms with van der Waals surface area (Å²) in [5, 5.41) is 6.01. The average Bonchev–Trinajstić information content (AvgIpc) is 2.95. The molecular weight excluding hydrogens is 364 g/mol. The molecule has 1 fully saturated rings. The molecule has 25 heavy (non-hydrogen) atoms. The van der Waals surface area contributed by atoms with Crippen molar-refractivity contribution in [3.05, 3.63) is 18.2 Å². The van der Waals surface area contributed by atoms with Crippen LogP contribution >= 0.6 is 12.4 Å². The van der Waals surface area contributed by atoms with E-state index in [2.05, 4.69) is 10.6 Å². The number of carbonyl (C=O) groups excluding carboxylic acids is 1. The van der Waals surface area contributed by atoms with Gasteiger partial charge in [-0.05, 0) is 44.4 Å². The van der Waals surface area contributed by atoms with Crippen molar-refractivity contribution >= 4 is 39.7 Å². The van der Waals surface area contributed by atoms with Crippen LogP contribution in [-0.2, 0) is 14.8 Å². The average molecular weight is 391 g/mol. The van der Waals surface area contributed by atoms with Gasteiger partial charge in [-0.2, -0.15) is 0 Å². The van der Waals surface area contributed by atoms with Gasteiger partial charge in [0.25, 0.3) is 0 Å². The molecule has 2 atom stereocenters. The van der Waals surface area contributed by atoms with Crippen molar-refractivity contribution in [1.82, 2.24) is 4.31 Å². The van der Waals surface area contributed by atoms with Crippen LogP contribution in [0.2, 0.25) is 0 Å². The molecule has 9 heteroatoms. The van der Waals surface area contributed by atoms with Crippen LogP contribution in [0.4, 0.5) is 11.4 Å². The molecule has 0 aliphatic heterocycles. The summed E-state index contributed by atoms with van der Waals surface area (Å²) in [6.45, 7) is 2.60. The van der Waals surface area contributed by atoms with Gasteiger partial charge >= 0.3 is 0 Å². The maximum atomic E-state index is 12.5. The van der Waals surface area contributed by atoms with E-state index in [9.17, 15) is 13.2 Å². The van der Waals surface area contributed by atoms with Crippen LogP contribution in [0, 0.1) is 5.92 Å². The fraction of sp³-hybridized carbons (Fsp3) is 0.562. The highest BCUT2D eigenvalue weighted by molar-refractivity contribution is 7.89. The number of nitrogens with two attached hydrogens (primary N) is 1. The topological polar surface area (TPSA) is 105 Å². The van der Waals surface area contributed by atoms with Crippen LogP contribution in [0.15, 0.2) is 23.1 Å². The first-order valence-electron chi connectivity index (χ1n) is 8.12. The van der Waals surface area contributed by atoms with Crippen LogP contribution in [-0.4, -0.2) is 45.3 Å². The number of carbonyl (C=O) groups is 1. The number of benzene rings is 1. The lowest BCUT2D eigenvalue weighted by Gasteiger charge is -2.18. The molecule has 0 aromatic heterocycles. The van der Waals surface area contributed by atoms with Crippen molar-refractivity contribution in [2.24, 2.45) is 11.7 Å². The second kappa shape index (κ2) is 8.84. The van der Waals surface area contributed by atoms with Crippen molar-refractivity contribution in [2.45, 2.75) is 37.1 Å². The molecule has 0 saturated heterocycles. The predicted molar refractivity (Wildman–Crippen MR) is 103 cm³/mol. The number of hydrogen-bond donors (Lipinski definition) is 3. The minimum atomic E-state index is -3.56. The molecule has 1 saturated carbocycles. The Morgan fingerprint density at radius 2 is 1.96 bits per heavy atom. The van der Waals surface area contributed by atoms with E-state index in [0.29, 0.717) is 24.3 Å². The molecular formula is C16H27ClN4O3S. The van der Waals surface area contributed by atoms with E-state index in [1.165, 1.54) is 26.2 Å². The van der Waals surface area contributed by atoms with E-state index in [-0.39, 0.29) is 35.2 Å². The molecule has 2 unspecified atom stereocenters. The zero-order chi connectivity index (χ0) is 17.9. The van der Waals surface area contributed by atoms with Gasteiger partial charge in [0, 0.05) is 32.6 Å². The molecule has 7 nitrogen and oxygen atoms in total. The Labute approximate surface area is 155 Å². The molecule has 1 aromatic carbocycles. The molecule has 1 aromatic rings. The summed E-state index contributed by atoms with van der Waals surface area (Å²) in [6.07, 6.45) is 2.27. The first-order chi connectivity index (χ1) is 11.3. The standard InChI is InChI=1S/C16H26N4O3S.ClH/c1-4-18-14-8-7-13(24(22,23)20(2)3)10-15(14)19-16(21)11-5-6-12(17)9-11;/h7-8,10-12,18H,4-6,9,17H2,1-3H3,(H,19,21);1H. The van der Waals surface area contributed by atoms with Gasteiger partial charge in [-0.15, -0.1) is 12.4 Å². The zero-order valence-electron chi connectivity index (χ0n) is 14.8. The summed E-state index contributed by atoms with van der Waals surface area (Å²) in [6, 6.07) is 4.78. The molecule has 0 heterocycles. The Morgan fingerprint density at radius 3 is 2.48 bits per heavy atom. The van der Waals surface area contributed by atoms with Crippen molar-refractivity contribution in [2.75, 3.05) is 31.3 Å². The van der Waals surface area contributed by atoms with Crippen molar-refractivity contribution in [3.8, 4) is 0 Å². The molecule has 0 radical (unpaired) electrons. The summed E-state index contributed by atoms with van der Waals surface area (Å²) < 4.78 is 25.8. The van der Waals surface area contributed by atoms with Crippen LogP contribution in [0.3, 0.4) is 0 Å². The van der Waals surface area contributed by atoms with E-state index >= 15 is 0 Å². The first kappa shape index (κ1) is 21.7. The van der Waals surface area contributed by atoms with Gasteiger partial charge in [0.2, 0.25) is 15.9 Å². The molecule has 142 valence electrons. The molecule has 1 amide bonds. The largest absolute Gasteiger partial charge is 0.384 e. The summed E-state index contributed by atoms with van der Waals surface area (Å²) in [7, 11) is -0.605. The predicted octanol–water partition coefficient (Wildman–Crippen LogP) is 1.86. The molecule has 0 bridgehead atoms. The van der Waals surface area contributed by atoms with Crippen molar-refractivity contribution in [1.29, 1.82) is 0 Å². The SMILES string of the molecule is CCNc1ccc(S(=O)(=O)N(C)C)cc1NC(=O)C1CCC(N)C1.Cl. The minimum Gasteiger partial charge on any atom is -0.384 e. The highest BCUT2D eigenvalue weighted by Crippen LogP contribution is 2.30. The summed E-state index contributed by atoms with van der Waals surface area (Å²) >= 11 is 0. The van der Waals surface area contributed by atoms with Gasteiger partial charge in [0.15, 0.2) is 0 Å². The fourth-order valence-electron chi connectivity index (χ4n) is 2.83. The van der Waals surface area contributed by atoms with Crippen molar-refractivity contribution < 1.29 is 13.2 Å². The number of rotatable bonds is 6. The third-order valence-corrected chi connectivity index (χ3v) is 6.05. The Balaban J connectivity index is 0.00000312. The van der Waals surface area contributed by atoms with Crippen LogP contribution in [0.25, 0.3) is 0 Å². The number of hydrogen-bond acceptors (Lipinski definition) is 5. The maximum absolute atomic E-state index is 12.5. The molecule has 1 aliphatic carbocycles. The smallest absolute Gasteiger partial charge is 0.242 e.